The van der Waals surface area contributed by atoms with Crippen LogP contribution in [0, 0.1) is 5.82 Å². The number of phenolic OH excluding ortho intramolecular Hbond substituents is 1. The molecule has 0 bridgehead atoms. The molecule has 0 aliphatic carbocycles. The van der Waals surface area contributed by atoms with Gasteiger partial charge in [0.2, 0.25) is 0 Å². The van der Waals surface area contributed by atoms with Crippen molar-refractivity contribution in [2.75, 3.05) is 0 Å². The maximum Gasteiger partial charge on any atom is 0.126 e. The van der Waals surface area contributed by atoms with Crippen LogP contribution in [0.3, 0.4) is 0 Å². The van der Waals surface area contributed by atoms with Crippen LogP contribution in [0.5, 0.6) is 5.75 Å². The molecule has 1 N–H and O–H groups in total. The van der Waals surface area contributed by atoms with Gasteiger partial charge in [-0.25, -0.2) is 4.39 Å². The molecular formula is C16H11FO. The number of rotatable bonds is 1. The molecule has 0 unspecified atom stereocenters. The first-order chi connectivity index (χ1) is 8.74. The van der Waals surface area contributed by atoms with Gasteiger partial charge in [-0.3, -0.25) is 0 Å². The highest BCUT2D eigenvalue weighted by Gasteiger charge is 2.06. The van der Waals surface area contributed by atoms with E-state index in [4.69, 9.17) is 0 Å². The first-order valence-corrected chi connectivity index (χ1v) is 5.72. The number of halogens is 1. The lowest BCUT2D eigenvalue weighted by molar-refractivity contribution is 0.471. The predicted molar refractivity (Wildman–Crippen MR) is 71.0 cm³/mol. The molecule has 3 rings (SSSR count). The van der Waals surface area contributed by atoms with Crippen LogP contribution in [0.25, 0.3) is 21.9 Å². The van der Waals surface area contributed by atoms with Crippen molar-refractivity contribution in [3.8, 4) is 16.9 Å². The second-order valence-electron chi connectivity index (χ2n) is 4.22. The molecule has 18 heavy (non-hydrogen) atoms. The van der Waals surface area contributed by atoms with E-state index in [0.717, 1.165) is 22.4 Å². The van der Waals surface area contributed by atoms with Crippen LogP contribution >= 0.6 is 0 Å². The van der Waals surface area contributed by atoms with Crippen molar-refractivity contribution in [2.24, 2.45) is 0 Å². The molecule has 0 aliphatic rings. The van der Waals surface area contributed by atoms with Crippen molar-refractivity contribution >= 4 is 10.8 Å². The normalized spacial score (nSPS) is 10.7. The van der Waals surface area contributed by atoms with Gasteiger partial charge in [-0.05, 0) is 34.5 Å². The standard InChI is InChI=1S/C16H11FO/c17-14-7-8-15(16(18)10-14)13-6-5-11-3-1-2-4-12(11)9-13/h1-10,18H. The molecule has 3 aromatic carbocycles. The van der Waals surface area contributed by atoms with Gasteiger partial charge in [-0.15, -0.1) is 0 Å². The average molecular weight is 238 g/mol. The maximum atomic E-state index is 13.0. The Bertz CT molecular complexity index is 719. The molecule has 0 atom stereocenters. The van der Waals surface area contributed by atoms with E-state index in [1.54, 1.807) is 6.07 Å². The fourth-order valence-electron chi connectivity index (χ4n) is 2.11. The van der Waals surface area contributed by atoms with E-state index in [1.807, 2.05) is 42.5 Å². The summed E-state index contributed by atoms with van der Waals surface area (Å²) in [7, 11) is 0. The van der Waals surface area contributed by atoms with E-state index >= 15 is 0 Å². The van der Waals surface area contributed by atoms with Gasteiger partial charge in [0, 0.05) is 11.6 Å². The molecule has 0 saturated heterocycles. The van der Waals surface area contributed by atoms with Crippen LogP contribution in [-0.2, 0) is 0 Å². The molecule has 0 heterocycles. The molecule has 3 aromatic rings. The Kier molecular flexibility index (Phi) is 2.49. The zero-order valence-electron chi connectivity index (χ0n) is 9.60. The number of hydrogen-bond donors (Lipinski definition) is 1. The number of fused-ring (bicyclic) bond motifs is 1. The van der Waals surface area contributed by atoms with Crippen LogP contribution in [0.2, 0.25) is 0 Å². The van der Waals surface area contributed by atoms with Crippen LogP contribution in [0.1, 0.15) is 0 Å². The lowest BCUT2D eigenvalue weighted by atomic mass is 10.0. The summed E-state index contributed by atoms with van der Waals surface area (Å²) in [6, 6.07) is 18.0. The quantitative estimate of drug-likeness (QED) is 0.668. The van der Waals surface area contributed by atoms with Crippen molar-refractivity contribution in [1.82, 2.24) is 0 Å². The van der Waals surface area contributed by atoms with Gasteiger partial charge in [0.25, 0.3) is 0 Å². The second-order valence-corrected chi connectivity index (χ2v) is 4.22. The largest absolute Gasteiger partial charge is 0.507 e. The molecule has 1 nitrogen and oxygen atoms in total. The molecule has 0 spiro atoms. The van der Waals surface area contributed by atoms with Crippen molar-refractivity contribution in [3.63, 3.8) is 0 Å². The molecule has 0 aromatic heterocycles. The molecule has 0 amide bonds. The zero-order valence-corrected chi connectivity index (χ0v) is 9.60. The van der Waals surface area contributed by atoms with Crippen LogP contribution in [0.4, 0.5) is 4.39 Å². The zero-order chi connectivity index (χ0) is 12.5. The van der Waals surface area contributed by atoms with E-state index in [2.05, 4.69) is 0 Å². The monoisotopic (exact) mass is 238 g/mol. The van der Waals surface area contributed by atoms with Gasteiger partial charge in [0.05, 0.1) is 0 Å². The van der Waals surface area contributed by atoms with Crippen molar-refractivity contribution in [3.05, 3.63) is 66.5 Å². The molecule has 0 radical (unpaired) electrons. The maximum absolute atomic E-state index is 13.0. The number of aromatic hydroxyl groups is 1. The number of benzene rings is 3. The van der Waals surface area contributed by atoms with Crippen molar-refractivity contribution in [1.29, 1.82) is 0 Å². The van der Waals surface area contributed by atoms with Gasteiger partial charge >= 0.3 is 0 Å². The summed E-state index contributed by atoms with van der Waals surface area (Å²) >= 11 is 0. The Labute approximate surface area is 104 Å². The summed E-state index contributed by atoms with van der Waals surface area (Å²) in [5.74, 6) is -0.470. The van der Waals surface area contributed by atoms with Crippen LogP contribution in [-0.4, -0.2) is 5.11 Å². The van der Waals surface area contributed by atoms with E-state index < -0.39 is 5.82 Å². The third-order valence-electron chi connectivity index (χ3n) is 3.02. The van der Waals surface area contributed by atoms with Crippen LogP contribution in [0.15, 0.2) is 60.7 Å². The summed E-state index contributed by atoms with van der Waals surface area (Å²) in [6.07, 6.45) is 0. The topological polar surface area (TPSA) is 20.2 Å². The minimum absolute atomic E-state index is 0.0368. The molecule has 0 fully saturated rings. The van der Waals surface area contributed by atoms with Gasteiger partial charge in [-0.1, -0.05) is 36.4 Å². The summed E-state index contributed by atoms with van der Waals surface area (Å²) in [5, 5.41) is 12.0. The summed E-state index contributed by atoms with van der Waals surface area (Å²) < 4.78 is 13.0. The van der Waals surface area contributed by atoms with E-state index in [9.17, 15) is 9.50 Å². The first kappa shape index (κ1) is 10.8. The Morgan fingerprint density at radius 3 is 2.33 bits per heavy atom. The van der Waals surface area contributed by atoms with Crippen LogP contribution < -0.4 is 0 Å². The second kappa shape index (κ2) is 4.15. The highest BCUT2D eigenvalue weighted by Crippen LogP contribution is 2.31. The molecule has 2 heteroatoms. The first-order valence-electron chi connectivity index (χ1n) is 5.72. The third kappa shape index (κ3) is 1.82. The van der Waals surface area contributed by atoms with Gasteiger partial charge in [0.1, 0.15) is 11.6 Å². The van der Waals surface area contributed by atoms with Gasteiger partial charge < -0.3 is 5.11 Å². The highest BCUT2D eigenvalue weighted by molar-refractivity contribution is 5.88. The Morgan fingerprint density at radius 1 is 0.778 bits per heavy atom. The summed E-state index contributed by atoms with van der Waals surface area (Å²) in [6.45, 7) is 0. The summed E-state index contributed by atoms with van der Waals surface area (Å²) in [4.78, 5) is 0. The van der Waals surface area contributed by atoms with Crippen molar-refractivity contribution in [2.45, 2.75) is 0 Å². The summed E-state index contributed by atoms with van der Waals surface area (Å²) in [5.41, 5.74) is 1.52. The Hall–Kier alpha value is -2.35. The molecule has 0 saturated carbocycles. The van der Waals surface area contributed by atoms with E-state index in [1.165, 1.54) is 6.07 Å². The van der Waals surface area contributed by atoms with Crippen molar-refractivity contribution < 1.29 is 9.50 Å². The average Bonchev–Trinajstić information content (AvgIpc) is 2.38. The third-order valence-corrected chi connectivity index (χ3v) is 3.02. The fraction of sp³-hybridized carbons (Fsp3) is 0. The highest BCUT2D eigenvalue weighted by atomic mass is 19.1. The number of hydrogen-bond acceptors (Lipinski definition) is 1. The molecule has 88 valence electrons. The van der Waals surface area contributed by atoms with E-state index in [0.29, 0.717) is 5.56 Å². The predicted octanol–water partition coefficient (Wildman–Crippen LogP) is 4.35. The SMILES string of the molecule is Oc1cc(F)ccc1-c1ccc2ccccc2c1. The van der Waals surface area contributed by atoms with E-state index in [-0.39, 0.29) is 5.75 Å². The Balaban J connectivity index is 2.19. The molecule has 0 aliphatic heterocycles. The molecular weight excluding hydrogens is 227 g/mol. The number of phenols is 1. The Morgan fingerprint density at radius 2 is 1.56 bits per heavy atom. The lowest BCUT2D eigenvalue weighted by Gasteiger charge is -2.06. The van der Waals surface area contributed by atoms with Gasteiger partial charge in [0.15, 0.2) is 0 Å². The minimum Gasteiger partial charge on any atom is -0.507 e. The fourth-order valence-corrected chi connectivity index (χ4v) is 2.11. The van der Waals surface area contributed by atoms with Gasteiger partial charge in [-0.2, -0.15) is 0 Å². The smallest absolute Gasteiger partial charge is 0.126 e. The lowest BCUT2D eigenvalue weighted by Crippen LogP contribution is -1.82. The minimum atomic E-state index is -0.433.